The Bertz CT molecular complexity index is 780. The van der Waals surface area contributed by atoms with E-state index in [0.717, 1.165) is 30.0 Å². The Morgan fingerprint density at radius 3 is 2.58 bits per heavy atom. The molecule has 1 aromatic carbocycles. The Morgan fingerprint density at radius 1 is 1.38 bits per heavy atom. The van der Waals surface area contributed by atoms with E-state index in [9.17, 15) is 26.4 Å². The third-order valence-corrected chi connectivity index (χ3v) is 6.54. The molecule has 1 fully saturated rings. The first kappa shape index (κ1) is 20.7. The first-order chi connectivity index (χ1) is 12.0. The van der Waals surface area contributed by atoms with E-state index in [2.05, 4.69) is 4.74 Å². The molecule has 0 saturated carbocycles. The molecule has 2 unspecified atom stereocenters. The zero-order valence-corrected chi connectivity index (χ0v) is 15.2. The van der Waals surface area contributed by atoms with Gasteiger partial charge in [-0.1, -0.05) is 6.92 Å². The molecule has 0 amide bonds. The molecule has 1 heterocycles. The van der Waals surface area contributed by atoms with Gasteiger partial charge >= 0.3 is 12.1 Å². The van der Waals surface area contributed by atoms with Crippen LogP contribution in [0.2, 0.25) is 0 Å². The monoisotopic (exact) mass is 394 g/mol. The largest absolute Gasteiger partial charge is 0.465 e. The summed E-state index contributed by atoms with van der Waals surface area (Å²) < 4.78 is 71.3. The number of hydrogen-bond acceptors (Lipinski definition) is 5. The summed E-state index contributed by atoms with van der Waals surface area (Å²) in [7, 11) is -3.23. The molecule has 2 rings (SSSR count). The number of benzene rings is 1. The number of carbonyl (C=O) groups is 1. The fourth-order valence-electron chi connectivity index (χ4n) is 3.20. The van der Waals surface area contributed by atoms with Crippen LogP contribution in [0.15, 0.2) is 23.1 Å². The quantitative estimate of drug-likeness (QED) is 0.791. The number of nitrogens with two attached hydrogens (primary N) is 1. The van der Waals surface area contributed by atoms with Crippen molar-refractivity contribution in [3.05, 3.63) is 29.3 Å². The minimum absolute atomic E-state index is 0.0000427. The predicted octanol–water partition coefficient (Wildman–Crippen LogP) is 2.24. The van der Waals surface area contributed by atoms with Crippen molar-refractivity contribution in [2.75, 3.05) is 20.2 Å². The van der Waals surface area contributed by atoms with Crippen molar-refractivity contribution in [2.24, 2.45) is 11.7 Å². The molecular weight excluding hydrogens is 373 g/mol. The molecule has 1 aliphatic heterocycles. The highest BCUT2D eigenvalue weighted by atomic mass is 32.2. The average molecular weight is 394 g/mol. The minimum atomic E-state index is -4.91. The highest BCUT2D eigenvalue weighted by molar-refractivity contribution is 7.89. The molecule has 6 nitrogen and oxygen atoms in total. The van der Waals surface area contributed by atoms with E-state index >= 15 is 0 Å². The van der Waals surface area contributed by atoms with Crippen molar-refractivity contribution >= 4 is 16.0 Å². The van der Waals surface area contributed by atoms with Crippen molar-refractivity contribution in [2.45, 2.75) is 36.9 Å². The summed E-state index contributed by atoms with van der Waals surface area (Å²) in [5, 5.41) is 0. The van der Waals surface area contributed by atoms with Gasteiger partial charge in [-0.15, -0.1) is 0 Å². The topological polar surface area (TPSA) is 89.7 Å². The van der Waals surface area contributed by atoms with Crippen LogP contribution in [-0.2, 0) is 20.9 Å². The molecule has 26 heavy (non-hydrogen) atoms. The van der Waals surface area contributed by atoms with Gasteiger partial charge in [-0.2, -0.15) is 17.5 Å². The Labute approximate surface area is 150 Å². The van der Waals surface area contributed by atoms with Crippen molar-refractivity contribution < 1.29 is 31.1 Å². The van der Waals surface area contributed by atoms with Gasteiger partial charge in [0.05, 0.1) is 23.1 Å². The number of nitrogens with zero attached hydrogens (tertiary/aromatic N) is 1. The maximum absolute atomic E-state index is 13.3. The molecule has 0 aromatic heterocycles. The molecule has 1 saturated heterocycles. The van der Waals surface area contributed by atoms with Crippen molar-refractivity contribution in [1.29, 1.82) is 0 Å². The fraction of sp³-hybridized carbons (Fsp3) is 0.562. The zero-order valence-electron chi connectivity index (χ0n) is 14.4. The molecule has 146 valence electrons. The minimum Gasteiger partial charge on any atom is -0.465 e. The van der Waals surface area contributed by atoms with Crippen LogP contribution in [-0.4, -0.2) is 44.9 Å². The number of carbonyl (C=O) groups excluding carboxylic acids is 1. The predicted molar refractivity (Wildman–Crippen MR) is 87.9 cm³/mol. The lowest BCUT2D eigenvalue weighted by Gasteiger charge is -2.38. The number of sulfonamides is 1. The highest BCUT2D eigenvalue weighted by Gasteiger charge is 2.40. The molecule has 0 aliphatic carbocycles. The second-order valence-electron chi connectivity index (χ2n) is 6.24. The summed E-state index contributed by atoms with van der Waals surface area (Å²) >= 11 is 0. The smallest absolute Gasteiger partial charge is 0.417 e. The van der Waals surface area contributed by atoms with Gasteiger partial charge in [0.1, 0.15) is 0 Å². The molecule has 0 spiro atoms. The number of halogens is 3. The van der Waals surface area contributed by atoms with Crippen molar-refractivity contribution in [3.63, 3.8) is 0 Å². The second kappa shape index (κ2) is 7.53. The van der Waals surface area contributed by atoms with Gasteiger partial charge in [0.15, 0.2) is 0 Å². The maximum Gasteiger partial charge on any atom is 0.417 e. The molecular formula is C16H21F3N2O4S. The van der Waals surface area contributed by atoms with Crippen LogP contribution in [0.1, 0.15) is 35.7 Å². The van der Waals surface area contributed by atoms with E-state index < -0.39 is 44.2 Å². The van der Waals surface area contributed by atoms with Gasteiger partial charge in [-0.25, -0.2) is 13.2 Å². The summed E-state index contributed by atoms with van der Waals surface area (Å²) in [5.41, 5.74) is 3.61. The Balaban J connectivity index is 2.55. The van der Waals surface area contributed by atoms with E-state index in [4.69, 9.17) is 5.73 Å². The van der Waals surface area contributed by atoms with Crippen molar-refractivity contribution in [1.82, 2.24) is 4.31 Å². The van der Waals surface area contributed by atoms with Crippen LogP contribution in [0.3, 0.4) is 0 Å². The molecule has 0 bridgehead atoms. The Morgan fingerprint density at radius 2 is 2.04 bits per heavy atom. The lowest BCUT2D eigenvalue weighted by molar-refractivity contribution is -0.138. The van der Waals surface area contributed by atoms with E-state index in [-0.39, 0.29) is 19.0 Å². The third kappa shape index (κ3) is 3.86. The lowest BCUT2D eigenvalue weighted by Crippen LogP contribution is -2.51. The van der Waals surface area contributed by atoms with Crippen LogP contribution in [0.25, 0.3) is 0 Å². The van der Waals surface area contributed by atoms with Crippen LogP contribution in [0, 0.1) is 5.92 Å². The van der Waals surface area contributed by atoms with E-state index in [1.165, 1.54) is 0 Å². The highest BCUT2D eigenvalue weighted by Crippen LogP contribution is 2.36. The summed E-state index contributed by atoms with van der Waals surface area (Å²) in [4.78, 5) is 11.1. The number of piperidine rings is 1. The third-order valence-electron chi connectivity index (χ3n) is 4.61. The number of hydrogen-bond donors (Lipinski definition) is 1. The molecule has 1 aromatic rings. The summed E-state index contributed by atoms with van der Waals surface area (Å²) in [6.45, 7) is 2.13. The molecule has 2 atom stereocenters. The summed E-state index contributed by atoms with van der Waals surface area (Å²) in [6, 6.07) is 1.81. The van der Waals surface area contributed by atoms with Gasteiger partial charge in [-0.05, 0) is 37.0 Å². The SMILES string of the molecule is COC(=O)c1ccc(S(=O)(=O)N2CCCC(C)C2CN)cc1C(F)(F)F. The first-order valence-corrected chi connectivity index (χ1v) is 9.49. The molecule has 10 heteroatoms. The van der Waals surface area contributed by atoms with Gasteiger partial charge in [0, 0.05) is 19.1 Å². The number of ether oxygens (including phenoxy) is 1. The fourth-order valence-corrected chi connectivity index (χ4v) is 5.00. The zero-order chi connectivity index (χ0) is 19.7. The van der Waals surface area contributed by atoms with E-state index in [0.29, 0.717) is 12.5 Å². The number of rotatable bonds is 4. The molecule has 2 N–H and O–H groups in total. The van der Waals surface area contributed by atoms with E-state index in [1.807, 2.05) is 6.92 Å². The Hall–Kier alpha value is -1.65. The standard InChI is InChI=1S/C16H21F3N2O4S/c1-10-4-3-7-21(14(10)9-20)26(23,24)11-5-6-12(15(22)25-2)13(8-11)16(17,18)19/h5-6,8,10,14H,3-4,7,9,20H2,1-2H3. The number of methoxy groups -OCH3 is 1. The lowest BCUT2D eigenvalue weighted by atomic mass is 9.93. The summed E-state index contributed by atoms with van der Waals surface area (Å²) in [6.07, 6.45) is -3.51. The van der Waals surface area contributed by atoms with E-state index in [1.54, 1.807) is 0 Å². The maximum atomic E-state index is 13.3. The van der Waals surface area contributed by atoms with Crippen LogP contribution in [0.4, 0.5) is 13.2 Å². The van der Waals surface area contributed by atoms with Gasteiger partial charge in [0.2, 0.25) is 10.0 Å². The number of esters is 1. The second-order valence-corrected chi connectivity index (χ2v) is 8.13. The summed E-state index contributed by atoms with van der Waals surface area (Å²) in [5.74, 6) is -1.19. The normalized spacial score (nSPS) is 22.2. The van der Waals surface area contributed by atoms with Gasteiger partial charge in [-0.3, -0.25) is 0 Å². The average Bonchev–Trinajstić information content (AvgIpc) is 2.59. The van der Waals surface area contributed by atoms with Crippen molar-refractivity contribution in [3.8, 4) is 0 Å². The van der Waals surface area contributed by atoms with Crippen LogP contribution >= 0.6 is 0 Å². The van der Waals surface area contributed by atoms with Crippen LogP contribution < -0.4 is 5.73 Å². The molecule has 0 radical (unpaired) electrons. The van der Waals surface area contributed by atoms with Gasteiger partial charge < -0.3 is 10.5 Å². The molecule has 1 aliphatic rings. The number of alkyl halides is 3. The van der Waals surface area contributed by atoms with Crippen LogP contribution in [0.5, 0.6) is 0 Å². The first-order valence-electron chi connectivity index (χ1n) is 8.05. The van der Waals surface area contributed by atoms with Gasteiger partial charge in [0.25, 0.3) is 0 Å². The Kier molecular flexibility index (Phi) is 5.99.